The first-order chi connectivity index (χ1) is 11.6. The maximum atomic E-state index is 12.5. The molecular formula is C20H18ClNO2. The van der Waals surface area contributed by atoms with Crippen molar-refractivity contribution in [2.45, 2.75) is 12.8 Å². The number of fused-ring (bicyclic) bond motifs is 1. The molecule has 0 aliphatic carbocycles. The first-order valence-electron chi connectivity index (χ1n) is 7.71. The van der Waals surface area contributed by atoms with Crippen LogP contribution in [0.15, 0.2) is 60.7 Å². The summed E-state index contributed by atoms with van der Waals surface area (Å²) < 4.78 is 5.24. The smallest absolute Gasteiger partial charge is 0.231 e. The van der Waals surface area contributed by atoms with Crippen LogP contribution in [-0.4, -0.2) is 13.0 Å². The lowest BCUT2D eigenvalue weighted by Crippen LogP contribution is -2.18. The number of nitrogens with one attached hydrogen (secondary N) is 1. The van der Waals surface area contributed by atoms with Crippen LogP contribution >= 0.6 is 11.6 Å². The molecule has 4 heteroatoms. The predicted molar refractivity (Wildman–Crippen MR) is 99.0 cm³/mol. The van der Waals surface area contributed by atoms with E-state index in [0.29, 0.717) is 10.7 Å². The van der Waals surface area contributed by atoms with Crippen LogP contribution < -0.4 is 10.1 Å². The minimum Gasteiger partial charge on any atom is -0.497 e. The van der Waals surface area contributed by atoms with Crippen LogP contribution in [0.4, 0.5) is 5.69 Å². The molecule has 0 saturated heterocycles. The third-order valence-electron chi connectivity index (χ3n) is 4.06. The van der Waals surface area contributed by atoms with E-state index in [0.717, 1.165) is 22.1 Å². The van der Waals surface area contributed by atoms with Crippen molar-refractivity contribution in [2.24, 2.45) is 0 Å². The summed E-state index contributed by atoms with van der Waals surface area (Å²) in [6, 6.07) is 19.1. The van der Waals surface area contributed by atoms with E-state index >= 15 is 0 Å². The van der Waals surface area contributed by atoms with Crippen LogP contribution in [0.1, 0.15) is 18.4 Å². The minimum absolute atomic E-state index is 0.0647. The fraction of sp³-hybridized carbons (Fsp3) is 0.150. The molecule has 0 aromatic heterocycles. The number of hydrogen-bond acceptors (Lipinski definition) is 2. The van der Waals surface area contributed by atoms with E-state index in [9.17, 15) is 4.79 Å². The molecule has 0 aliphatic rings. The molecule has 1 atom stereocenters. The molecule has 0 fully saturated rings. The lowest BCUT2D eigenvalue weighted by atomic mass is 9.97. The Morgan fingerprint density at radius 2 is 1.79 bits per heavy atom. The van der Waals surface area contributed by atoms with Crippen molar-refractivity contribution in [3.63, 3.8) is 0 Å². The molecule has 0 bridgehead atoms. The van der Waals surface area contributed by atoms with E-state index in [1.54, 1.807) is 19.2 Å². The molecular weight excluding hydrogens is 322 g/mol. The molecule has 3 rings (SSSR count). The number of anilines is 1. The number of carbonyl (C=O) groups is 1. The third-order valence-corrected chi connectivity index (χ3v) is 4.29. The van der Waals surface area contributed by atoms with Crippen LogP contribution in [0.25, 0.3) is 10.8 Å². The maximum Gasteiger partial charge on any atom is 0.231 e. The van der Waals surface area contributed by atoms with Gasteiger partial charge >= 0.3 is 0 Å². The zero-order chi connectivity index (χ0) is 17.1. The number of amides is 1. The Morgan fingerprint density at radius 3 is 2.54 bits per heavy atom. The average molecular weight is 340 g/mol. The van der Waals surface area contributed by atoms with Gasteiger partial charge in [-0.05, 0) is 53.6 Å². The highest BCUT2D eigenvalue weighted by atomic mass is 35.5. The number of halogens is 1. The number of carbonyl (C=O) groups excluding carboxylic acids is 1. The van der Waals surface area contributed by atoms with Gasteiger partial charge in [-0.3, -0.25) is 4.79 Å². The normalized spacial score (nSPS) is 12.0. The Balaban J connectivity index is 1.82. The van der Waals surface area contributed by atoms with Gasteiger partial charge in [0.2, 0.25) is 5.91 Å². The van der Waals surface area contributed by atoms with E-state index in [-0.39, 0.29) is 11.8 Å². The van der Waals surface area contributed by atoms with Crippen molar-refractivity contribution in [1.29, 1.82) is 0 Å². The van der Waals surface area contributed by atoms with E-state index < -0.39 is 0 Å². The fourth-order valence-electron chi connectivity index (χ4n) is 2.61. The van der Waals surface area contributed by atoms with Gasteiger partial charge in [-0.15, -0.1) is 0 Å². The summed E-state index contributed by atoms with van der Waals surface area (Å²) in [6.07, 6.45) is 0. The van der Waals surface area contributed by atoms with Crippen LogP contribution in [0, 0.1) is 0 Å². The van der Waals surface area contributed by atoms with Crippen molar-refractivity contribution >= 4 is 34.0 Å². The highest BCUT2D eigenvalue weighted by Gasteiger charge is 2.16. The van der Waals surface area contributed by atoms with Gasteiger partial charge in [0, 0.05) is 10.7 Å². The van der Waals surface area contributed by atoms with Crippen LogP contribution in [0.2, 0.25) is 5.02 Å². The number of benzene rings is 3. The maximum absolute atomic E-state index is 12.5. The van der Waals surface area contributed by atoms with Gasteiger partial charge in [-0.25, -0.2) is 0 Å². The highest BCUT2D eigenvalue weighted by Crippen LogP contribution is 2.26. The van der Waals surface area contributed by atoms with E-state index in [1.807, 2.05) is 55.5 Å². The van der Waals surface area contributed by atoms with E-state index in [2.05, 4.69) is 5.32 Å². The van der Waals surface area contributed by atoms with Crippen molar-refractivity contribution in [3.05, 3.63) is 71.2 Å². The third kappa shape index (κ3) is 3.52. The van der Waals surface area contributed by atoms with Crippen LogP contribution in [-0.2, 0) is 4.79 Å². The zero-order valence-electron chi connectivity index (χ0n) is 13.5. The quantitative estimate of drug-likeness (QED) is 0.705. The monoisotopic (exact) mass is 339 g/mol. The first kappa shape index (κ1) is 16.3. The lowest BCUT2D eigenvalue weighted by molar-refractivity contribution is -0.117. The summed E-state index contributed by atoms with van der Waals surface area (Å²) in [5.74, 6) is 0.489. The molecule has 0 unspecified atom stereocenters. The molecule has 3 aromatic rings. The zero-order valence-corrected chi connectivity index (χ0v) is 14.3. The Kier molecular flexibility index (Phi) is 4.72. The van der Waals surface area contributed by atoms with Gasteiger partial charge < -0.3 is 10.1 Å². The predicted octanol–water partition coefficient (Wildman–Crippen LogP) is 5.24. The largest absolute Gasteiger partial charge is 0.497 e. The first-order valence-corrected chi connectivity index (χ1v) is 8.09. The van der Waals surface area contributed by atoms with Crippen molar-refractivity contribution in [3.8, 4) is 5.75 Å². The molecule has 24 heavy (non-hydrogen) atoms. The second-order valence-electron chi connectivity index (χ2n) is 5.69. The second-order valence-corrected chi connectivity index (χ2v) is 6.13. The molecule has 0 radical (unpaired) electrons. The molecule has 0 saturated carbocycles. The Morgan fingerprint density at radius 1 is 1.04 bits per heavy atom. The Hall–Kier alpha value is -2.52. The summed E-state index contributed by atoms with van der Waals surface area (Å²) >= 11 is 5.95. The van der Waals surface area contributed by atoms with Gasteiger partial charge in [-0.1, -0.05) is 41.9 Å². The minimum atomic E-state index is -0.268. The molecule has 1 amide bonds. The highest BCUT2D eigenvalue weighted by molar-refractivity contribution is 6.30. The molecule has 122 valence electrons. The SMILES string of the molecule is COc1ccc2cc([C@H](C)C(=O)Nc3cccc(Cl)c3)ccc2c1. The van der Waals surface area contributed by atoms with Crippen molar-refractivity contribution < 1.29 is 9.53 Å². The van der Waals surface area contributed by atoms with Gasteiger partial charge in [0.25, 0.3) is 0 Å². The van der Waals surface area contributed by atoms with Crippen LogP contribution in [0.3, 0.4) is 0 Å². The summed E-state index contributed by atoms with van der Waals surface area (Å²) in [6.45, 7) is 1.89. The summed E-state index contributed by atoms with van der Waals surface area (Å²) in [7, 11) is 1.65. The van der Waals surface area contributed by atoms with E-state index in [4.69, 9.17) is 16.3 Å². The molecule has 3 aromatic carbocycles. The van der Waals surface area contributed by atoms with Crippen LogP contribution in [0.5, 0.6) is 5.75 Å². The Labute approximate surface area is 146 Å². The molecule has 1 N–H and O–H groups in total. The Bertz CT molecular complexity index is 892. The van der Waals surface area contributed by atoms with Crippen molar-refractivity contribution in [1.82, 2.24) is 0 Å². The van der Waals surface area contributed by atoms with Crippen molar-refractivity contribution in [2.75, 3.05) is 12.4 Å². The fourth-order valence-corrected chi connectivity index (χ4v) is 2.80. The summed E-state index contributed by atoms with van der Waals surface area (Å²) in [4.78, 5) is 12.5. The van der Waals surface area contributed by atoms with E-state index in [1.165, 1.54) is 0 Å². The lowest BCUT2D eigenvalue weighted by Gasteiger charge is -2.14. The standard InChI is InChI=1S/C20H18ClNO2/c1-13(20(23)22-18-5-3-4-17(21)12-18)14-6-7-16-11-19(24-2)9-8-15(16)10-14/h3-13H,1-2H3,(H,22,23)/t13-/m0/s1. The number of rotatable bonds is 4. The second kappa shape index (κ2) is 6.93. The molecule has 0 spiro atoms. The topological polar surface area (TPSA) is 38.3 Å². The average Bonchev–Trinajstić information content (AvgIpc) is 2.60. The molecule has 0 heterocycles. The van der Waals surface area contributed by atoms with Gasteiger partial charge in [0.15, 0.2) is 0 Å². The number of methoxy groups -OCH3 is 1. The van der Waals surface area contributed by atoms with Gasteiger partial charge in [0.05, 0.1) is 13.0 Å². The van der Waals surface area contributed by atoms with Gasteiger partial charge in [-0.2, -0.15) is 0 Å². The molecule has 0 aliphatic heterocycles. The summed E-state index contributed by atoms with van der Waals surface area (Å²) in [5, 5.41) is 5.66. The number of hydrogen-bond donors (Lipinski definition) is 1. The van der Waals surface area contributed by atoms with Gasteiger partial charge in [0.1, 0.15) is 5.75 Å². The summed E-state index contributed by atoms with van der Waals surface area (Å²) in [5.41, 5.74) is 1.66. The number of ether oxygens (including phenoxy) is 1. The molecule has 3 nitrogen and oxygen atoms in total.